The lowest BCUT2D eigenvalue weighted by molar-refractivity contribution is -0.0952. The van der Waals surface area contributed by atoms with Gasteiger partial charge in [0, 0.05) is 0 Å². The van der Waals surface area contributed by atoms with Crippen molar-refractivity contribution >= 4 is 0 Å². The van der Waals surface area contributed by atoms with Crippen LogP contribution in [0.2, 0.25) is 0 Å². The number of hydrogen-bond acceptors (Lipinski definition) is 2. The molecular formula is C10H18O2. The Hall–Kier alpha value is -0.340. The molecule has 70 valence electrons. The van der Waals surface area contributed by atoms with Crippen molar-refractivity contribution in [2.45, 2.75) is 44.8 Å². The minimum Gasteiger partial charge on any atom is -0.390 e. The highest BCUT2D eigenvalue weighted by atomic mass is 16.3. The van der Waals surface area contributed by atoms with Gasteiger partial charge >= 0.3 is 0 Å². The van der Waals surface area contributed by atoms with Crippen molar-refractivity contribution in [2.75, 3.05) is 0 Å². The molecule has 0 aliphatic heterocycles. The van der Waals surface area contributed by atoms with Crippen LogP contribution in [0.1, 0.15) is 33.1 Å². The zero-order valence-electron chi connectivity index (χ0n) is 7.88. The maximum atomic E-state index is 9.66. The van der Waals surface area contributed by atoms with Crippen LogP contribution in [-0.4, -0.2) is 21.9 Å². The quantitative estimate of drug-likeness (QED) is 0.585. The summed E-state index contributed by atoms with van der Waals surface area (Å²) in [4.78, 5) is 0. The molecule has 0 aromatic rings. The van der Waals surface area contributed by atoms with Gasteiger partial charge in [0.2, 0.25) is 0 Å². The number of aliphatic hydroxyl groups is 2. The molecule has 1 fully saturated rings. The van der Waals surface area contributed by atoms with Crippen LogP contribution in [0.3, 0.4) is 0 Å². The molecule has 0 amide bonds. The second-order valence-electron chi connectivity index (χ2n) is 4.19. The van der Waals surface area contributed by atoms with Crippen molar-refractivity contribution in [1.82, 2.24) is 0 Å². The fourth-order valence-electron chi connectivity index (χ4n) is 1.72. The zero-order chi connectivity index (χ0) is 9.35. The van der Waals surface area contributed by atoms with Crippen molar-refractivity contribution in [3.05, 3.63) is 12.2 Å². The molecule has 12 heavy (non-hydrogen) atoms. The van der Waals surface area contributed by atoms with E-state index in [4.69, 9.17) is 0 Å². The molecule has 0 aromatic heterocycles. The van der Waals surface area contributed by atoms with Crippen molar-refractivity contribution < 1.29 is 10.2 Å². The van der Waals surface area contributed by atoms with E-state index < -0.39 is 11.7 Å². The van der Waals surface area contributed by atoms with Gasteiger partial charge in [0.05, 0.1) is 11.7 Å². The van der Waals surface area contributed by atoms with Crippen molar-refractivity contribution in [3.63, 3.8) is 0 Å². The highest BCUT2D eigenvalue weighted by molar-refractivity contribution is 5.02. The first kappa shape index (κ1) is 9.75. The number of hydrogen-bond donors (Lipinski definition) is 2. The summed E-state index contributed by atoms with van der Waals surface area (Å²) in [6.45, 7) is 7.55. The predicted molar refractivity (Wildman–Crippen MR) is 48.8 cm³/mol. The molecule has 3 atom stereocenters. The Morgan fingerprint density at radius 3 is 2.58 bits per heavy atom. The summed E-state index contributed by atoms with van der Waals surface area (Å²) < 4.78 is 0. The second-order valence-corrected chi connectivity index (χ2v) is 4.19. The van der Waals surface area contributed by atoms with Gasteiger partial charge in [-0.2, -0.15) is 0 Å². The molecule has 2 nitrogen and oxygen atoms in total. The summed E-state index contributed by atoms with van der Waals surface area (Å²) in [5.74, 6) is 0.389. The van der Waals surface area contributed by atoms with Gasteiger partial charge in [-0.1, -0.05) is 12.2 Å². The average molecular weight is 170 g/mol. The standard InChI is InChI=1S/C10H18O2/c1-7(2)8-4-5-10(3,12)9(11)6-8/h8-9,11-12H,1,4-6H2,2-3H3. The fraction of sp³-hybridized carbons (Fsp3) is 0.800. The number of allylic oxidation sites excluding steroid dienone is 1. The molecule has 2 heteroatoms. The Labute approximate surface area is 73.9 Å². The van der Waals surface area contributed by atoms with Gasteiger partial charge < -0.3 is 10.2 Å². The third kappa shape index (κ3) is 1.87. The minimum absolute atomic E-state index is 0.389. The topological polar surface area (TPSA) is 40.5 Å². The first-order valence-corrected chi connectivity index (χ1v) is 4.49. The van der Waals surface area contributed by atoms with Crippen LogP contribution < -0.4 is 0 Å². The minimum atomic E-state index is -0.883. The molecule has 1 rings (SSSR count). The van der Waals surface area contributed by atoms with Gasteiger partial charge in [-0.25, -0.2) is 0 Å². The van der Waals surface area contributed by atoms with E-state index >= 15 is 0 Å². The number of rotatable bonds is 1. The predicted octanol–water partition coefficient (Wildman–Crippen LogP) is 1.47. The van der Waals surface area contributed by atoms with E-state index in [1.165, 1.54) is 0 Å². The smallest absolute Gasteiger partial charge is 0.0877 e. The third-order valence-corrected chi connectivity index (χ3v) is 2.92. The summed E-state index contributed by atoms with van der Waals surface area (Å²) in [6.07, 6.45) is 1.68. The maximum Gasteiger partial charge on any atom is 0.0877 e. The fourth-order valence-corrected chi connectivity index (χ4v) is 1.72. The highest BCUT2D eigenvalue weighted by Gasteiger charge is 2.37. The molecule has 0 radical (unpaired) electrons. The molecule has 0 spiro atoms. The Morgan fingerprint density at radius 1 is 1.58 bits per heavy atom. The molecule has 0 saturated heterocycles. The lowest BCUT2D eigenvalue weighted by Gasteiger charge is -2.38. The monoisotopic (exact) mass is 170 g/mol. The summed E-state index contributed by atoms with van der Waals surface area (Å²) in [5, 5.41) is 19.2. The normalized spacial score (nSPS) is 42.7. The van der Waals surface area contributed by atoms with E-state index in [1.54, 1.807) is 6.92 Å². The van der Waals surface area contributed by atoms with Crippen LogP contribution in [0.4, 0.5) is 0 Å². The SMILES string of the molecule is C=C(C)C1CCC(C)(O)C(O)C1. The summed E-state index contributed by atoms with van der Waals surface area (Å²) in [6, 6.07) is 0. The summed E-state index contributed by atoms with van der Waals surface area (Å²) >= 11 is 0. The first-order valence-electron chi connectivity index (χ1n) is 4.49. The number of aliphatic hydroxyl groups excluding tert-OH is 1. The third-order valence-electron chi connectivity index (χ3n) is 2.92. The highest BCUT2D eigenvalue weighted by Crippen LogP contribution is 2.34. The van der Waals surface area contributed by atoms with E-state index in [0.717, 1.165) is 12.0 Å². The van der Waals surface area contributed by atoms with E-state index in [0.29, 0.717) is 18.8 Å². The van der Waals surface area contributed by atoms with Crippen LogP contribution in [0.25, 0.3) is 0 Å². The maximum absolute atomic E-state index is 9.66. The van der Waals surface area contributed by atoms with E-state index in [9.17, 15) is 10.2 Å². The average Bonchev–Trinajstić information content (AvgIpc) is 1.94. The van der Waals surface area contributed by atoms with E-state index in [-0.39, 0.29) is 0 Å². The van der Waals surface area contributed by atoms with Crippen molar-refractivity contribution in [2.24, 2.45) is 5.92 Å². The van der Waals surface area contributed by atoms with Crippen molar-refractivity contribution in [1.29, 1.82) is 0 Å². The summed E-state index contributed by atoms with van der Waals surface area (Å²) in [7, 11) is 0. The van der Waals surface area contributed by atoms with Gasteiger partial charge in [0.1, 0.15) is 0 Å². The van der Waals surface area contributed by atoms with Gasteiger partial charge in [-0.15, -0.1) is 0 Å². The van der Waals surface area contributed by atoms with E-state index in [1.807, 2.05) is 6.92 Å². The molecule has 1 aliphatic rings. The molecular weight excluding hydrogens is 152 g/mol. The van der Waals surface area contributed by atoms with Gasteiger partial charge in [-0.05, 0) is 39.0 Å². The Morgan fingerprint density at radius 2 is 2.17 bits per heavy atom. The zero-order valence-corrected chi connectivity index (χ0v) is 7.88. The molecule has 0 aromatic carbocycles. The van der Waals surface area contributed by atoms with Gasteiger partial charge in [0.25, 0.3) is 0 Å². The lowest BCUT2D eigenvalue weighted by Crippen LogP contribution is -2.44. The Balaban J connectivity index is 2.58. The molecule has 3 unspecified atom stereocenters. The Bertz CT molecular complexity index is 184. The van der Waals surface area contributed by atoms with Crippen LogP contribution >= 0.6 is 0 Å². The van der Waals surface area contributed by atoms with Crippen molar-refractivity contribution in [3.8, 4) is 0 Å². The molecule has 1 saturated carbocycles. The van der Waals surface area contributed by atoms with Crippen LogP contribution in [0.5, 0.6) is 0 Å². The van der Waals surface area contributed by atoms with Gasteiger partial charge in [0.15, 0.2) is 0 Å². The van der Waals surface area contributed by atoms with Crippen LogP contribution in [-0.2, 0) is 0 Å². The largest absolute Gasteiger partial charge is 0.390 e. The molecule has 1 aliphatic carbocycles. The summed E-state index contributed by atoms with van der Waals surface area (Å²) in [5.41, 5.74) is 0.232. The van der Waals surface area contributed by atoms with E-state index in [2.05, 4.69) is 6.58 Å². The van der Waals surface area contributed by atoms with Gasteiger partial charge in [-0.3, -0.25) is 0 Å². The second kappa shape index (κ2) is 3.19. The van der Waals surface area contributed by atoms with Crippen LogP contribution in [0, 0.1) is 5.92 Å². The molecule has 0 bridgehead atoms. The molecule has 2 N–H and O–H groups in total. The first-order chi connectivity index (χ1) is 5.43. The Kier molecular flexibility index (Phi) is 2.59. The lowest BCUT2D eigenvalue weighted by atomic mass is 9.75. The van der Waals surface area contributed by atoms with Crippen LogP contribution in [0.15, 0.2) is 12.2 Å². The molecule has 0 heterocycles.